The molecule has 0 unspecified atom stereocenters. The van der Waals surface area contributed by atoms with Crippen molar-refractivity contribution in [3.63, 3.8) is 0 Å². The fraction of sp³-hybridized carbons (Fsp3) is 0.500. The molecule has 5 heteroatoms. The third kappa shape index (κ3) is 2.19. The van der Waals surface area contributed by atoms with Crippen molar-refractivity contribution in [2.75, 3.05) is 0 Å². The number of nitrogens with one attached hydrogen (secondary N) is 1. The van der Waals surface area contributed by atoms with Crippen LogP contribution in [0.25, 0.3) is 5.53 Å². The molecular weight excluding hydrogens is 192 g/mol. The van der Waals surface area contributed by atoms with E-state index in [0.29, 0.717) is 5.69 Å². The van der Waals surface area contributed by atoms with Crippen LogP contribution in [0.15, 0.2) is 0 Å². The van der Waals surface area contributed by atoms with E-state index in [-0.39, 0.29) is 5.41 Å². The average Bonchev–Trinajstić information content (AvgIpc) is 2.46. The van der Waals surface area contributed by atoms with Gasteiger partial charge in [0.2, 0.25) is 0 Å². The summed E-state index contributed by atoms with van der Waals surface area (Å²) in [6.07, 6.45) is 0.852. The predicted molar refractivity (Wildman–Crippen MR) is 56.0 cm³/mol. The first-order valence-corrected chi connectivity index (χ1v) is 4.65. The van der Waals surface area contributed by atoms with E-state index in [9.17, 15) is 4.79 Å². The van der Waals surface area contributed by atoms with Gasteiger partial charge in [-0.15, -0.1) is 0 Å². The molecule has 0 fully saturated rings. The number of carbonyl (C=O) groups is 1. The quantitative estimate of drug-likeness (QED) is 0.344. The van der Waals surface area contributed by atoms with Crippen LogP contribution in [0.1, 0.15) is 42.5 Å². The third-order valence-corrected chi connectivity index (χ3v) is 2.11. The Kier molecular flexibility index (Phi) is 2.86. The Morgan fingerprint density at radius 2 is 2.13 bits per heavy atom. The summed E-state index contributed by atoms with van der Waals surface area (Å²) in [6, 6.07) is 0. The number of aromatic amines is 1. The molecule has 0 amide bonds. The largest absolute Gasteiger partial charge is 0.361 e. The van der Waals surface area contributed by atoms with Crippen LogP contribution in [-0.4, -0.2) is 27.0 Å². The van der Waals surface area contributed by atoms with Crippen LogP contribution < -0.4 is 0 Å². The highest BCUT2D eigenvalue weighted by molar-refractivity contribution is 6.33. The molecular formula is C10H14N4O. The molecule has 5 nitrogen and oxygen atoms in total. The van der Waals surface area contributed by atoms with E-state index in [1.54, 1.807) is 0 Å². The van der Waals surface area contributed by atoms with Gasteiger partial charge in [0.1, 0.15) is 5.69 Å². The van der Waals surface area contributed by atoms with Crippen LogP contribution in [-0.2, 0) is 5.41 Å². The molecule has 0 radical (unpaired) electrons. The van der Waals surface area contributed by atoms with Gasteiger partial charge in [-0.05, 0) is 12.3 Å². The summed E-state index contributed by atoms with van der Waals surface area (Å²) in [6.45, 7) is 7.85. The second-order valence-corrected chi connectivity index (χ2v) is 4.43. The van der Waals surface area contributed by atoms with Crippen LogP contribution >= 0.6 is 0 Å². The maximum atomic E-state index is 11.5. The van der Waals surface area contributed by atoms with Gasteiger partial charge in [0.25, 0.3) is 5.78 Å². The molecule has 0 saturated heterocycles. The topological polar surface area (TPSA) is 82.2 Å². The Balaban J connectivity index is 3.33. The molecule has 0 aromatic carbocycles. The molecule has 0 bridgehead atoms. The number of aryl methyl sites for hydroxylation is 1. The first-order valence-electron chi connectivity index (χ1n) is 4.65. The molecule has 1 rings (SSSR count). The Hall–Kier alpha value is -1.74. The Morgan fingerprint density at radius 1 is 1.53 bits per heavy atom. The van der Waals surface area contributed by atoms with Crippen molar-refractivity contribution < 1.29 is 9.58 Å². The van der Waals surface area contributed by atoms with Crippen molar-refractivity contribution in [1.82, 2.24) is 10.2 Å². The highest BCUT2D eigenvalue weighted by Gasteiger charge is 2.27. The molecule has 15 heavy (non-hydrogen) atoms. The maximum absolute atomic E-state index is 11.5. The second kappa shape index (κ2) is 3.79. The maximum Gasteiger partial charge on any atom is 0.329 e. The number of hydrogen-bond acceptors (Lipinski definition) is 2. The number of Topliss-reactive ketones (excluding diaryl/α,β-unsaturated/α-hetero) is 1. The molecule has 1 N–H and O–H groups in total. The lowest BCUT2D eigenvalue weighted by atomic mass is 9.84. The van der Waals surface area contributed by atoms with E-state index in [4.69, 9.17) is 5.53 Å². The van der Waals surface area contributed by atoms with Gasteiger partial charge in [-0.3, -0.25) is 9.89 Å². The number of H-pyrrole nitrogens is 1. The van der Waals surface area contributed by atoms with Gasteiger partial charge in [-0.2, -0.15) is 9.89 Å². The van der Waals surface area contributed by atoms with Gasteiger partial charge in [-0.1, -0.05) is 20.8 Å². The molecule has 1 aromatic heterocycles. The molecule has 0 aliphatic rings. The van der Waals surface area contributed by atoms with Crippen LogP contribution in [0.2, 0.25) is 0 Å². The van der Waals surface area contributed by atoms with Gasteiger partial charge >= 0.3 is 6.21 Å². The average molecular weight is 206 g/mol. The fourth-order valence-electron chi connectivity index (χ4n) is 1.64. The van der Waals surface area contributed by atoms with Crippen molar-refractivity contribution in [1.29, 1.82) is 0 Å². The highest BCUT2D eigenvalue weighted by atomic mass is 16.1. The van der Waals surface area contributed by atoms with E-state index in [0.717, 1.165) is 17.5 Å². The number of aromatic nitrogens is 2. The summed E-state index contributed by atoms with van der Waals surface area (Å²) in [5.74, 6) is -0.397. The van der Waals surface area contributed by atoms with Crippen LogP contribution in [0, 0.1) is 6.92 Å². The minimum Gasteiger partial charge on any atom is -0.361 e. The molecule has 0 spiro atoms. The van der Waals surface area contributed by atoms with Crippen LogP contribution in [0.5, 0.6) is 0 Å². The zero-order valence-electron chi connectivity index (χ0n) is 9.33. The monoisotopic (exact) mass is 206 g/mol. The van der Waals surface area contributed by atoms with Gasteiger partial charge < -0.3 is 5.53 Å². The first-order chi connectivity index (χ1) is 6.88. The zero-order chi connectivity index (χ0) is 11.6. The lowest BCUT2D eigenvalue weighted by molar-refractivity contribution is 0.00228. The highest BCUT2D eigenvalue weighted by Crippen LogP contribution is 2.27. The molecule has 80 valence electrons. The van der Waals surface area contributed by atoms with E-state index < -0.39 is 5.78 Å². The number of ketones is 1. The van der Waals surface area contributed by atoms with Gasteiger partial charge in [0.05, 0.1) is 0 Å². The van der Waals surface area contributed by atoms with Crippen molar-refractivity contribution in [3.8, 4) is 0 Å². The molecule has 0 atom stereocenters. The number of hydrogen-bond donors (Lipinski definition) is 1. The summed E-state index contributed by atoms with van der Waals surface area (Å²) >= 11 is 0. The van der Waals surface area contributed by atoms with Crippen molar-refractivity contribution in [3.05, 3.63) is 22.5 Å². The molecule has 0 aliphatic carbocycles. The second-order valence-electron chi connectivity index (χ2n) is 4.43. The minimum atomic E-state index is -0.397. The Bertz CT molecular complexity index is 433. The van der Waals surface area contributed by atoms with Crippen LogP contribution in [0.3, 0.4) is 0 Å². The Labute approximate surface area is 88.1 Å². The SMILES string of the molecule is Cc1[nH]nc(C(=O)C=[N+]=[N-])c1C(C)(C)C. The zero-order valence-corrected chi connectivity index (χ0v) is 9.33. The third-order valence-electron chi connectivity index (χ3n) is 2.11. The van der Waals surface area contributed by atoms with E-state index in [1.807, 2.05) is 27.7 Å². The number of rotatable bonds is 2. The van der Waals surface area contributed by atoms with Gasteiger partial charge in [0, 0.05) is 11.3 Å². The van der Waals surface area contributed by atoms with E-state index in [2.05, 4.69) is 15.0 Å². The summed E-state index contributed by atoms with van der Waals surface area (Å²) in [5.41, 5.74) is 10.2. The molecule has 0 saturated carbocycles. The van der Waals surface area contributed by atoms with Gasteiger partial charge in [0.15, 0.2) is 0 Å². The number of nitrogens with zero attached hydrogens (tertiary/aromatic N) is 3. The Morgan fingerprint density at radius 3 is 2.60 bits per heavy atom. The summed E-state index contributed by atoms with van der Waals surface area (Å²) in [5, 5.41) is 6.69. The van der Waals surface area contributed by atoms with Crippen molar-refractivity contribution in [2.45, 2.75) is 33.1 Å². The van der Waals surface area contributed by atoms with E-state index >= 15 is 0 Å². The summed E-state index contributed by atoms with van der Waals surface area (Å²) < 4.78 is 0. The normalized spacial score (nSPS) is 10.9. The molecule has 0 aliphatic heterocycles. The smallest absolute Gasteiger partial charge is 0.329 e. The van der Waals surface area contributed by atoms with Crippen LogP contribution in [0.4, 0.5) is 0 Å². The lowest BCUT2D eigenvalue weighted by Crippen LogP contribution is -2.17. The molecule has 1 aromatic rings. The lowest BCUT2D eigenvalue weighted by Gasteiger charge is -2.18. The first kappa shape index (κ1) is 11.3. The minimum absolute atomic E-state index is 0.175. The standard InChI is InChI=1S/C10H14N4O/c1-6-8(10(2,3)4)9(14-13-6)7(15)5-12-11/h5H,1-4H3,(H,13,14). The van der Waals surface area contributed by atoms with Gasteiger partial charge in [-0.25, -0.2) is 0 Å². The van der Waals surface area contributed by atoms with Crippen molar-refractivity contribution in [2.24, 2.45) is 0 Å². The summed E-state index contributed by atoms with van der Waals surface area (Å²) in [7, 11) is 0. The van der Waals surface area contributed by atoms with E-state index in [1.165, 1.54) is 0 Å². The number of carbonyl (C=O) groups excluding carboxylic acids is 1. The summed E-state index contributed by atoms with van der Waals surface area (Å²) in [4.78, 5) is 14.2. The van der Waals surface area contributed by atoms with Crippen molar-refractivity contribution >= 4 is 12.0 Å². The predicted octanol–water partition coefficient (Wildman–Crippen LogP) is 1.50. The fourth-order valence-corrected chi connectivity index (χ4v) is 1.64. The molecule has 1 heterocycles.